The Balaban J connectivity index is 1.29. The molecule has 0 saturated carbocycles. The fourth-order valence-electron chi connectivity index (χ4n) is 4.63. The van der Waals surface area contributed by atoms with Crippen LogP contribution >= 0.6 is 0 Å². The number of piperidine rings is 1. The van der Waals surface area contributed by atoms with Crippen molar-refractivity contribution in [3.8, 4) is 0 Å². The molecule has 5 nitrogen and oxygen atoms in total. The molecule has 2 aliphatic heterocycles. The van der Waals surface area contributed by atoms with Crippen LogP contribution in [0.5, 0.6) is 0 Å². The monoisotopic (exact) mass is 398 g/mol. The maximum absolute atomic E-state index is 6.30. The summed E-state index contributed by atoms with van der Waals surface area (Å²) in [5.41, 5.74) is 2.44. The van der Waals surface area contributed by atoms with Crippen molar-refractivity contribution in [3.63, 3.8) is 0 Å². The van der Waals surface area contributed by atoms with E-state index in [9.17, 15) is 0 Å². The summed E-state index contributed by atoms with van der Waals surface area (Å²) >= 11 is 0. The molecule has 29 heavy (non-hydrogen) atoms. The first-order chi connectivity index (χ1) is 14.1. The number of pyridine rings is 1. The molecule has 2 fully saturated rings. The summed E-state index contributed by atoms with van der Waals surface area (Å²) in [6, 6.07) is 10.6. The van der Waals surface area contributed by atoms with Gasteiger partial charge in [-0.05, 0) is 44.7 Å². The van der Waals surface area contributed by atoms with E-state index in [-0.39, 0.29) is 11.7 Å². The van der Waals surface area contributed by atoms with E-state index in [1.165, 1.54) is 10.9 Å². The van der Waals surface area contributed by atoms with E-state index in [1.54, 1.807) is 0 Å². The average molecular weight is 399 g/mol. The van der Waals surface area contributed by atoms with Crippen LogP contribution in [0, 0.1) is 0 Å². The largest absolute Gasteiger partial charge is 0.376 e. The average Bonchev–Trinajstić information content (AvgIpc) is 2.73. The van der Waals surface area contributed by atoms with Crippen LogP contribution in [0.2, 0.25) is 0 Å². The zero-order valence-corrected chi connectivity index (χ0v) is 17.8. The summed E-state index contributed by atoms with van der Waals surface area (Å²) in [5.74, 6) is 0. The Hall–Kier alpha value is -1.53. The van der Waals surface area contributed by atoms with Gasteiger partial charge in [-0.15, -0.1) is 0 Å². The number of ether oxygens (including phenoxy) is 3. The Bertz CT molecular complexity index is 781. The van der Waals surface area contributed by atoms with E-state index in [0.29, 0.717) is 19.3 Å². The second-order valence-electron chi connectivity index (χ2n) is 8.71. The zero-order chi connectivity index (χ0) is 20.1. The van der Waals surface area contributed by atoms with Crippen molar-refractivity contribution < 1.29 is 14.2 Å². The number of nitrogens with zero attached hydrogens (tertiary/aromatic N) is 2. The second kappa shape index (κ2) is 9.52. The summed E-state index contributed by atoms with van der Waals surface area (Å²) in [6.45, 7) is 9.36. The van der Waals surface area contributed by atoms with Crippen LogP contribution < -0.4 is 0 Å². The van der Waals surface area contributed by atoms with Gasteiger partial charge in [0, 0.05) is 44.2 Å². The van der Waals surface area contributed by atoms with Crippen LogP contribution in [0.25, 0.3) is 10.9 Å². The van der Waals surface area contributed by atoms with Gasteiger partial charge in [0.1, 0.15) is 0 Å². The van der Waals surface area contributed by atoms with Crippen LogP contribution in [0.1, 0.15) is 45.1 Å². The molecule has 0 aliphatic carbocycles. The highest BCUT2D eigenvalue weighted by molar-refractivity contribution is 5.81. The van der Waals surface area contributed by atoms with E-state index in [4.69, 9.17) is 14.2 Å². The molecule has 3 heterocycles. The smallest absolute Gasteiger partial charge is 0.0746 e. The lowest BCUT2D eigenvalue weighted by atomic mass is 9.83. The highest BCUT2D eigenvalue weighted by atomic mass is 16.5. The Labute approximate surface area is 174 Å². The Morgan fingerprint density at radius 3 is 2.83 bits per heavy atom. The number of hydrogen-bond acceptors (Lipinski definition) is 5. The number of likely N-dealkylation sites (tertiary alicyclic amines) is 1. The summed E-state index contributed by atoms with van der Waals surface area (Å²) in [4.78, 5) is 7.15. The zero-order valence-electron chi connectivity index (χ0n) is 17.8. The Kier molecular flexibility index (Phi) is 6.81. The van der Waals surface area contributed by atoms with E-state index < -0.39 is 0 Å². The molecule has 5 heteroatoms. The summed E-state index contributed by atoms with van der Waals surface area (Å²) in [5, 5.41) is 1.22. The molecule has 4 rings (SSSR count). The van der Waals surface area contributed by atoms with Crippen LogP contribution in [0.4, 0.5) is 0 Å². The standard InChI is InChI=1S/C24H34N2O3/c1-19(2)27-15-16-28-22-8-14-29-24(17-22)9-12-26(13-10-24)18-21-6-3-5-20-7-4-11-25-23(20)21/h3-7,11,19,22H,8-10,12-18H2,1-2H3. The minimum Gasteiger partial charge on any atom is -0.376 e. The molecular weight excluding hydrogens is 364 g/mol. The number of aromatic nitrogens is 1. The van der Waals surface area contributed by atoms with Crippen molar-refractivity contribution in [2.75, 3.05) is 32.9 Å². The van der Waals surface area contributed by atoms with Gasteiger partial charge in [0.25, 0.3) is 0 Å². The molecule has 2 aromatic rings. The lowest BCUT2D eigenvalue weighted by Gasteiger charge is -2.46. The predicted molar refractivity (Wildman–Crippen MR) is 115 cm³/mol. The second-order valence-corrected chi connectivity index (χ2v) is 8.71. The van der Waals surface area contributed by atoms with Gasteiger partial charge in [0.05, 0.1) is 36.5 Å². The first kappa shape index (κ1) is 20.7. The third-order valence-electron chi connectivity index (χ3n) is 6.21. The minimum absolute atomic E-state index is 0.00464. The van der Waals surface area contributed by atoms with Crippen LogP contribution in [-0.4, -0.2) is 60.6 Å². The molecule has 0 amide bonds. The molecule has 0 radical (unpaired) electrons. The molecule has 0 bridgehead atoms. The highest BCUT2D eigenvalue weighted by Gasteiger charge is 2.40. The molecule has 158 valence electrons. The third-order valence-corrected chi connectivity index (χ3v) is 6.21. The molecular formula is C24H34N2O3. The maximum Gasteiger partial charge on any atom is 0.0746 e. The summed E-state index contributed by atoms with van der Waals surface area (Å²) < 4.78 is 18.0. The number of fused-ring (bicyclic) bond motifs is 1. The van der Waals surface area contributed by atoms with E-state index in [1.807, 2.05) is 12.3 Å². The van der Waals surface area contributed by atoms with Crippen molar-refractivity contribution in [3.05, 3.63) is 42.1 Å². The lowest BCUT2D eigenvalue weighted by Crippen LogP contribution is -2.50. The maximum atomic E-state index is 6.30. The van der Waals surface area contributed by atoms with Gasteiger partial charge >= 0.3 is 0 Å². The molecule has 1 unspecified atom stereocenters. The van der Waals surface area contributed by atoms with Gasteiger partial charge in [0.15, 0.2) is 0 Å². The van der Waals surface area contributed by atoms with Crippen LogP contribution in [0.3, 0.4) is 0 Å². The number of para-hydroxylation sites is 1. The topological polar surface area (TPSA) is 43.8 Å². The van der Waals surface area contributed by atoms with E-state index >= 15 is 0 Å². The van der Waals surface area contributed by atoms with E-state index in [2.05, 4.69) is 48.0 Å². The fourth-order valence-corrected chi connectivity index (χ4v) is 4.63. The molecule has 1 spiro atoms. The molecule has 1 atom stereocenters. The first-order valence-corrected chi connectivity index (χ1v) is 11.1. The number of benzene rings is 1. The van der Waals surface area contributed by atoms with Crippen molar-refractivity contribution >= 4 is 10.9 Å². The van der Waals surface area contributed by atoms with Crippen molar-refractivity contribution in [2.24, 2.45) is 0 Å². The van der Waals surface area contributed by atoms with Crippen molar-refractivity contribution in [2.45, 2.75) is 63.9 Å². The highest BCUT2D eigenvalue weighted by Crippen LogP contribution is 2.36. The number of rotatable bonds is 7. The van der Waals surface area contributed by atoms with Crippen molar-refractivity contribution in [1.82, 2.24) is 9.88 Å². The van der Waals surface area contributed by atoms with Gasteiger partial charge in [-0.1, -0.05) is 24.3 Å². The van der Waals surface area contributed by atoms with Crippen LogP contribution in [0.15, 0.2) is 36.5 Å². The predicted octanol–water partition coefficient (Wildman–Crippen LogP) is 4.19. The molecule has 1 aromatic heterocycles. The lowest BCUT2D eigenvalue weighted by molar-refractivity contribution is -0.159. The molecule has 0 N–H and O–H groups in total. The fraction of sp³-hybridized carbons (Fsp3) is 0.625. The molecule has 1 aromatic carbocycles. The summed E-state index contributed by atoms with van der Waals surface area (Å²) in [6.07, 6.45) is 6.61. The van der Waals surface area contributed by atoms with Gasteiger partial charge in [-0.3, -0.25) is 9.88 Å². The Morgan fingerprint density at radius 1 is 1.17 bits per heavy atom. The normalized spacial score (nSPS) is 22.5. The van der Waals surface area contributed by atoms with Gasteiger partial charge in [-0.2, -0.15) is 0 Å². The SMILES string of the molecule is CC(C)OCCOC1CCOC2(CCN(Cc3cccc4cccnc34)CC2)C1. The van der Waals surface area contributed by atoms with E-state index in [0.717, 1.165) is 57.4 Å². The quantitative estimate of drug-likeness (QED) is 0.655. The van der Waals surface area contributed by atoms with Crippen LogP contribution in [-0.2, 0) is 20.8 Å². The van der Waals surface area contributed by atoms with Gasteiger partial charge < -0.3 is 14.2 Å². The van der Waals surface area contributed by atoms with Gasteiger partial charge in [0.2, 0.25) is 0 Å². The Morgan fingerprint density at radius 2 is 2.00 bits per heavy atom. The summed E-state index contributed by atoms with van der Waals surface area (Å²) in [7, 11) is 0. The molecule has 2 saturated heterocycles. The van der Waals surface area contributed by atoms with Gasteiger partial charge in [-0.25, -0.2) is 0 Å². The number of hydrogen-bond donors (Lipinski definition) is 0. The third kappa shape index (κ3) is 5.34. The first-order valence-electron chi connectivity index (χ1n) is 11.1. The molecule has 2 aliphatic rings. The minimum atomic E-state index is -0.00464. The van der Waals surface area contributed by atoms with Crippen molar-refractivity contribution in [1.29, 1.82) is 0 Å².